The monoisotopic (exact) mass is 375 g/mol. The maximum Gasteiger partial charge on any atom is 0.263 e. The van der Waals surface area contributed by atoms with Crippen LogP contribution in [0, 0.1) is 0 Å². The van der Waals surface area contributed by atoms with Crippen LogP contribution in [0.5, 0.6) is 5.75 Å². The molecule has 0 radical (unpaired) electrons. The van der Waals surface area contributed by atoms with E-state index in [2.05, 4.69) is 19.2 Å². The van der Waals surface area contributed by atoms with Gasteiger partial charge in [0.25, 0.3) is 5.91 Å². The lowest BCUT2D eigenvalue weighted by molar-refractivity contribution is -0.134. The number of morpholine rings is 1. The summed E-state index contributed by atoms with van der Waals surface area (Å²) in [6.07, 6.45) is 1.13. The molecule has 0 aliphatic carbocycles. The number of ether oxygens (including phenoxy) is 2. The Bertz CT molecular complexity index is 656. The molecule has 1 N–H and O–H groups in total. The van der Waals surface area contributed by atoms with Crippen LogP contribution in [0.2, 0.25) is 0 Å². The summed E-state index contributed by atoms with van der Waals surface area (Å²) < 4.78 is 11.3. The van der Waals surface area contributed by atoms with Crippen LogP contribution in [-0.4, -0.2) is 68.3 Å². The van der Waals surface area contributed by atoms with Gasteiger partial charge in [-0.1, -0.05) is 26.0 Å². The Morgan fingerprint density at radius 3 is 2.59 bits per heavy atom. The van der Waals surface area contributed by atoms with Crippen molar-refractivity contribution in [2.24, 2.45) is 0 Å². The van der Waals surface area contributed by atoms with Crippen LogP contribution in [0.3, 0.4) is 0 Å². The molecule has 2 aliphatic rings. The standard InChI is InChI=1S/C20H29N3O4/c1-3-15(4-2)21-20(25)18-13-23(16-7-5-6-8-17(16)27-18)14-19(24)22-9-11-26-12-10-22/h5-8,15,18H,3-4,9-14H2,1-2H3,(H,21,25)/t18-/m1/s1. The highest BCUT2D eigenvalue weighted by Gasteiger charge is 2.33. The van der Waals surface area contributed by atoms with E-state index in [4.69, 9.17) is 9.47 Å². The first kappa shape index (κ1) is 19.5. The average Bonchev–Trinajstić information content (AvgIpc) is 2.72. The summed E-state index contributed by atoms with van der Waals surface area (Å²) in [4.78, 5) is 29.2. The zero-order chi connectivity index (χ0) is 19.2. The van der Waals surface area contributed by atoms with Crippen molar-refractivity contribution in [3.63, 3.8) is 0 Å². The zero-order valence-electron chi connectivity index (χ0n) is 16.1. The third kappa shape index (κ3) is 4.71. The number of amides is 2. The molecule has 1 atom stereocenters. The fraction of sp³-hybridized carbons (Fsp3) is 0.600. The molecule has 1 saturated heterocycles. The SMILES string of the molecule is CCC(CC)NC(=O)[C@H]1CN(CC(=O)N2CCOCC2)c2ccccc2O1. The number of hydrogen-bond donors (Lipinski definition) is 1. The number of hydrogen-bond acceptors (Lipinski definition) is 5. The number of carbonyl (C=O) groups excluding carboxylic acids is 2. The van der Waals surface area contributed by atoms with Crippen molar-refractivity contribution in [3.8, 4) is 5.75 Å². The van der Waals surface area contributed by atoms with Gasteiger partial charge in [-0.25, -0.2) is 0 Å². The van der Waals surface area contributed by atoms with E-state index in [0.29, 0.717) is 38.6 Å². The Kier molecular flexibility index (Phi) is 6.55. The molecule has 0 unspecified atom stereocenters. The maximum atomic E-state index is 12.7. The van der Waals surface area contributed by atoms with E-state index in [0.717, 1.165) is 18.5 Å². The number of nitrogens with zero attached hydrogens (tertiary/aromatic N) is 2. The molecule has 1 aromatic rings. The van der Waals surface area contributed by atoms with E-state index in [-0.39, 0.29) is 24.4 Å². The van der Waals surface area contributed by atoms with Crippen LogP contribution < -0.4 is 15.0 Å². The number of anilines is 1. The Morgan fingerprint density at radius 2 is 1.89 bits per heavy atom. The molecule has 0 spiro atoms. The van der Waals surface area contributed by atoms with Gasteiger partial charge in [-0.2, -0.15) is 0 Å². The van der Waals surface area contributed by atoms with E-state index >= 15 is 0 Å². The van der Waals surface area contributed by atoms with Gasteiger partial charge in [-0.3, -0.25) is 9.59 Å². The van der Waals surface area contributed by atoms with Gasteiger partial charge >= 0.3 is 0 Å². The average molecular weight is 375 g/mol. The molecular formula is C20H29N3O4. The maximum absolute atomic E-state index is 12.7. The van der Waals surface area contributed by atoms with Crippen molar-refractivity contribution >= 4 is 17.5 Å². The smallest absolute Gasteiger partial charge is 0.263 e. The van der Waals surface area contributed by atoms with Gasteiger partial charge in [0.1, 0.15) is 5.75 Å². The summed E-state index contributed by atoms with van der Waals surface area (Å²) in [6.45, 7) is 7.08. The Morgan fingerprint density at radius 1 is 1.19 bits per heavy atom. The second kappa shape index (κ2) is 9.08. The summed E-state index contributed by atoms with van der Waals surface area (Å²) in [5.41, 5.74) is 0.852. The summed E-state index contributed by atoms with van der Waals surface area (Å²) >= 11 is 0. The molecule has 1 aromatic carbocycles. The number of fused-ring (bicyclic) bond motifs is 1. The van der Waals surface area contributed by atoms with Crippen molar-refractivity contribution in [3.05, 3.63) is 24.3 Å². The molecule has 2 heterocycles. The first-order valence-corrected chi connectivity index (χ1v) is 9.78. The quantitative estimate of drug-likeness (QED) is 0.814. The molecule has 2 amide bonds. The molecule has 1 fully saturated rings. The van der Waals surface area contributed by atoms with E-state index in [1.807, 2.05) is 34.1 Å². The highest BCUT2D eigenvalue weighted by Crippen LogP contribution is 2.33. The van der Waals surface area contributed by atoms with Gasteiger partial charge < -0.3 is 24.6 Å². The fourth-order valence-corrected chi connectivity index (χ4v) is 3.46. The predicted octanol–water partition coefficient (Wildman–Crippen LogP) is 1.42. The third-order valence-electron chi connectivity index (χ3n) is 5.18. The lowest BCUT2D eigenvalue weighted by atomic mass is 10.1. The van der Waals surface area contributed by atoms with Crippen LogP contribution in [0.15, 0.2) is 24.3 Å². The minimum absolute atomic E-state index is 0.0501. The largest absolute Gasteiger partial charge is 0.477 e. The first-order chi connectivity index (χ1) is 13.1. The minimum atomic E-state index is -0.627. The Labute approximate surface area is 160 Å². The van der Waals surface area contributed by atoms with Crippen molar-refractivity contribution in [2.45, 2.75) is 38.8 Å². The fourth-order valence-electron chi connectivity index (χ4n) is 3.46. The van der Waals surface area contributed by atoms with Crippen LogP contribution >= 0.6 is 0 Å². The number of rotatable bonds is 6. The second-order valence-electron chi connectivity index (χ2n) is 6.97. The number of carbonyl (C=O) groups is 2. The molecule has 3 rings (SSSR count). The molecule has 148 valence electrons. The summed E-state index contributed by atoms with van der Waals surface area (Å²) in [7, 11) is 0. The van der Waals surface area contributed by atoms with Crippen molar-refractivity contribution in [1.29, 1.82) is 0 Å². The molecule has 2 aliphatic heterocycles. The van der Waals surface area contributed by atoms with Crippen LogP contribution in [0.4, 0.5) is 5.69 Å². The van der Waals surface area contributed by atoms with Gasteiger partial charge in [0.2, 0.25) is 5.91 Å². The lowest BCUT2D eigenvalue weighted by Crippen LogP contribution is -2.53. The van der Waals surface area contributed by atoms with Gasteiger partial charge in [0, 0.05) is 19.1 Å². The number of para-hydroxylation sites is 2. The van der Waals surface area contributed by atoms with E-state index < -0.39 is 6.10 Å². The summed E-state index contributed by atoms with van der Waals surface area (Å²) in [5, 5.41) is 3.05. The molecular weight excluding hydrogens is 346 g/mol. The molecule has 7 heteroatoms. The van der Waals surface area contributed by atoms with Gasteiger partial charge in [-0.05, 0) is 25.0 Å². The number of nitrogens with one attached hydrogen (secondary N) is 1. The van der Waals surface area contributed by atoms with Gasteiger partial charge in [0.05, 0.1) is 32.0 Å². The zero-order valence-corrected chi connectivity index (χ0v) is 16.1. The Hall–Kier alpha value is -2.28. The lowest BCUT2D eigenvalue weighted by Gasteiger charge is -2.37. The van der Waals surface area contributed by atoms with E-state index in [1.165, 1.54) is 0 Å². The first-order valence-electron chi connectivity index (χ1n) is 9.78. The summed E-state index contributed by atoms with van der Waals surface area (Å²) in [5.74, 6) is 0.569. The molecule has 27 heavy (non-hydrogen) atoms. The molecule has 0 aromatic heterocycles. The molecule has 0 bridgehead atoms. The summed E-state index contributed by atoms with van der Waals surface area (Å²) in [6, 6.07) is 7.71. The highest BCUT2D eigenvalue weighted by molar-refractivity contribution is 5.86. The number of benzene rings is 1. The molecule has 0 saturated carbocycles. The van der Waals surface area contributed by atoms with Gasteiger partial charge in [-0.15, -0.1) is 0 Å². The van der Waals surface area contributed by atoms with Crippen molar-refractivity contribution < 1.29 is 19.1 Å². The normalized spacial score (nSPS) is 19.4. The van der Waals surface area contributed by atoms with Crippen molar-refractivity contribution in [2.75, 3.05) is 44.3 Å². The van der Waals surface area contributed by atoms with Crippen LogP contribution in [-0.2, 0) is 14.3 Å². The van der Waals surface area contributed by atoms with Crippen LogP contribution in [0.1, 0.15) is 26.7 Å². The van der Waals surface area contributed by atoms with Gasteiger partial charge in [0.15, 0.2) is 6.10 Å². The topological polar surface area (TPSA) is 71.1 Å². The predicted molar refractivity (Wildman–Crippen MR) is 103 cm³/mol. The van der Waals surface area contributed by atoms with Crippen LogP contribution in [0.25, 0.3) is 0 Å². The highest BCUT2D eigenvalue weighted by atomic mass is 16.5. The molecule has 7 nitrogen and oxygen atoms in total. The second-order valence-corrected chi connectivity index (χ2v) is 6.97. The van der Waals surface area contributed by atoms with Crippen molar-refractivity contribution in [1.82, 2.24) is 10.2 Å². The van der Waals surface area contributed by atoms with E-state index in [1.54, 1.807) is 0 Å². The minimum Gasteiger partial charge on any atom is -0.477 e. The third-order valence-corrected chi connectivity index (χ3v) is 5.18. The Balaban J connectivity index is 1.72. The van der Waals surface area contributed by atoms with E-state index in [9.17, 15) is 9.59 Å².